The fourth-order valence-corrected chi connectivity index (χ4v) is 3.32. The molecule has 0 aromatic heterocycles. The topological polar surface area (TPSA) is 37.4 Å². The van der Waals surface area contributed by atoms with Crippen LogP contribution in [0, 0.1) is 6.92 Å². The minimum absolute atomic E-state index is 0.355. The van der Waals surface area contributed by atoms with E-state index in [9.17, 15) is 8.42 Å². The van der Waals surface area contributed by atoms with Gasteiger partial charge in [0, 0.05) is 19.0 Å². The van der Waals surface area contributed by atoms with Crippen molar-refractivity contribution in [2.24, 2.45) is 0 Å². The molecule has 0 amide bonds. The maximum Gasteiger partial charge on any atom is 0.243 e. The van der Waals surface area contributed by atoms with Gasteiger partial charge in [0.25, 0.3) is 0 Å². The quantitative estimate of drug-likeness (QED) is 0.749. The number of hydrogen-bond donors (Lipinski definition) is 0. The molecule has 1 aromatic carbocycles. The average molecular weight is 276 g/mol. The number of aryl methyl sites for hydroxylation is 1. The Morgan fingerprint density at radius 3 is 2.59 bits per heavy atom. The summed E-state index contributed by atoms with van der Waals surface area (Å²) in [6, 6.07) is 6.97. The first-order chi connectivity index (χ1) is 8.02. The molecule has 0 aliphatic carbocycles. The predicted octanol–water partition coefficient (Wildman–Crippen LogP) is 2.63. The Balaban J connectivity index is 3.00. The number of sulfonamides is 1. The van der Waals surface area contributed by atoms with Crippen molar-refractivity contribution in [3.05, 3.63) is 29.8 Å². The van der Waals surface area contributed by atoms with Gasteiger partial charge in [-0.05, 0) is 31.0 Å². The molecule has 0 aliphatic heterocycles. The fraction of sp³-hybridized carbons (Fsp3) is 0.500. The van der Waals surface area contributed by atoms with Crippen LogP contribution in [0.2, 0.25) is 0 Å². The summed E-state index contributed by atoms with van der Waals surface area (Å²) in [7, 11) is -3.37. The standard InChI is InChI=1S/C12H18ClNO2S/c1-3-14(9-5-8-13)17(15,16)12-7-4-6-11(2)10-12/h4,6-7,10H,3,5,8-9H2,1-2H3. The summed E-state index contributed by atoms with van der Waals surface area (Å²) in [6.07, 6.45) is 0.667. The van der Waals surface area contributed by atoms with Crippen LogP contribution in [0.4, 0.5) is 0 Å². The highest BCUT2D eigenvalue weighted by molar-refractivity contribution is 7.89. The van der Waals surface area contributed by atoms with E-state index in [2.05, 4.69) is 0 Å². The summed E-state index contributed by atoms with van der Waals surface area (Å²) in [6.45, 7) is 4.65. The van der Waals surface area contributed by atoms with Crippen LogP contribution in [-0.2, 0) is 10.0 Å². The normalized spacial score (nSPS) is 12.0. The first-order valence-corrected chi connectivity index (χ1v) is 7.62. The summed E-state index contributed by atoms with van der Waals surface area (Å²) in [5.41, 5.74) is 0.944. The van der Waals surface area contributed by atoms with Crippen molar-refractivity contribution < 1.29 is 8.42 Å². The maximum atomic E-state index is 12.3. The van der Waals surface area contributed by atoms with Gasteiger partial charge in [-0.3, -0.25) is 0 Å². The molecule has 0 saturated carbocycles. The lowest BCUT2D eigenvalue weighted by Crippen LogP contribution is -2.32. The van der Waals surface area contributed by atoms with Crippen LogP contribution < -0.4 is 0 Å². The van der Waals surface area contributed by atoms with E-state index in [4.69, 9.17) is 11.6 Å². The minimum Gasteiger partial charge on any atom is -0.207 e. The van der Waals surface area contributed by atoms with Crippen LogP contribution in [-0.4, -0.2) is 31.7 Å². The lowest BCUT2D eigenvalue weighted by Gasteiger charge is -2.20. The van der Waals surface area contributed by atoms with Crippen LogP contribution >= 0.6 is 11.6 Å². The number of alkyl halides is 1. The second-order valence-corrected chi connectivity index (χ2v) is 6.17. The first-order valence-electron chi connectivity index (χ1n) is 5.65. The molecule has 0 aliphatic rings. The highest BCUT2D eigenvalue weighted by Crippen LogP contribution is 2.17. The van der Waals surface area contributed by atoms with E-state index in [1.807, 2.05) is 19.9 Å². The number of benzene rings is 1. The zero-order chi connectivity index (χ0) is 12.9. The molecule has 17 heavy (non-hydrogen) atoms. The molecule has 0 spiro atoms. The molecule has 0 bridgehead atoms. The zero-order valence-corrected chi connectivity index (χ0v) is 11.8. The molecule has 5 heteroatoms. The number of nitrogens with zero attached hydrogens (tertiary/aromatic N) is 1. The Bertz CT molecular complexity index is 459. The third kappa shape index (κ3) is 3.69. The van der Waals surface area contributed by atoms with Gasteiger partial charge in [0.1, 0.15) is 0 Å². The van der Waals surface area contributed by atoms with Crippen LogP contribution in [0.25, 0.3) is 0 Å². The highest BCUT2D eigenvalue weighted by atomic mass is 35.5. The van der Waals surface area contributed by atoms with Gasteiger partial charge in [0.2, 0.25) is 10.0 Å². The van der Waals surface area contributed by atoms with E-state index in [0.29, 0.717) is 30.3 Å². The molecule has 0 radical (unpaired) electrons. The Morgan fingerprint density at radius 2 is 2.06 bits per heavy atom. The smallest absolute Gasteiger partial charge is 0.207 e. The Labute approximate surface area is 108 Å². The van der Waals surface area contributed by atoms with Crippen molar-refractivity contribution in [1.29, 1.82) is 0 Å². The summed E-state index contributed by atoms with van der Waals surface area (Å²) < 4.78 is 26.1. The van der Waals surface area contributed by atoms with E-state index in [1.54, 1.807) is 18.2 Å². The van der Waals surface area contributed by atoms with E-state index in [1.165, 1.54) is 4.31 Å². The van der Waals surface area contributed by atoms with Gasteiger partial charge in [0.15, 0.2) is 0 Å². The van der Waals surface area contributed by atoms with Gasteiger partial charge in [-0.25, -0.2) is 8.42 Å². The van der Waals surface area contributed by atoms with Crippen molar-refractivity contribution >= 4 is 21.6 Å². The van der Waals surface area contributed by atoms with Crippen molar-refractivity contribution in [3.63, 3.8) is 0 Å². The summed E-state index contributed by atoms with van der Waals surface area (Å²) >= 11 is 5.60. The fourth-order valence-electron chi connectivity index (χ4n) is 1.61. The first kappa shape index (κ1) is 14.5. The molecule has 0 unspecified atom stereocenters. The lowest BCUT2D eigenvalue weighted by atomic mass is 10.2. The van der Waals surface area contributed by atoms with Crippen molar-refractivity contribution in [2.75, 3.05) is 19.0 Å². The number of halogens is 1. The zero-order valence-electron chi connectivity index (χ0n) is 10.2. The largest absolute Gasteiger partial charge is 0.243 e. The Kier molecular flexibility index (Phi) is 5.43. The maximum absolute atomic E-state index is 12.3. The number of hydrogen-bond acceptors (Lipinski definition) is 2. The number of rotatable bonds is 6. The second kappa shape index (κ2) is 6.38. The van der Waals surface area contributed by atoms with Gasteiger partial charge >= 0.3 is 0 Å². The Hall–Kier alpha value is -0.580. The molecule has 1 rings (SSSR count). The summed E-state index contributed by atoms with van der Waals surface area (Å²) in [5.74, 6) is 0.472. The predicted molar refractivity (Wildman–Crippen MR) is 70.9 cm³/mol. The molecule has 0 atom stereocenters. The van der Waals surface area contributed by atoms with E-state index in [-0.39, 0.29) is 0 Å². The SMILES string of the molecule is CCN(CCCCl)S(=O)(=O)c1cccc(C)c1. The minimum atomic E-state index is -3.37. The van der Waals surface area contributed by atoms with Crippen LogP contribution in [0.3, 0.4) is 0 Å². The van der Waals surface area contributed by atoms with E-state index < -0.39 is 10.0 Å². The molecule has 0 fully saturated rings. The van der Waals surface area contributed by atoms with Gasteiger partial charge in [-0.15, -0.1) is 11.6 Å². The molecule has 0 heterocycles. The van der Waals surface area contributed by atoms with Crippen molar-refractivity contribution in [2.45, 2.75) is 25.2 Å². The highest BCUT2D eigenvalue weighted by Gasteiger charge is 2.22. The molecule has 96 valence electrons. The van der Waals surface area contributed by atoms with Gasteiger partial charge in [-0.1, -0.05) is 19.1 Å². The summed E-state index contributed by atoms with van der Waals surface area (Å²) in [4.78, 5) is 0.355. The van der Waals surface area contributed by atoms with Crippen LogP contribution in [0.5, 0.6) is 0 Å². The Morgan fingerprint density at radius 1 is 1.35 bits per heavy atom. The van der Waals surface area contributed by atoms with Crippen LogP contribution in [0.15, 0.2) is 29.2 Å². The van der Waals surface area contributed by atoms with E-state index >= 15 is 0 Å². The average Bonchev–Trinajstić information content (AvgIpc) is 2.30. The lowest BCUT2D eigenvalue weighted by molar-refractivity contribution is 0.428. The molecular weight excluding hydrogens is 258 g/mol. The third-order valence-corrected chi connectivity index (χ3v) is 4.76. The molecule has 0 N–H and O–H groups in total. The molecule has 0 saturated heterocycles. The molecule has 3 nitrogen and oxygen atoms in total. The monoisotopic (exact) mass is 275 g/mol. The van der Waals surface area contributed by atoms with Gasteiger partial charge < -0.3 is 0 Å². The van der Waals surface area contributed by atoms with E-state index in [0.717, 1.165) is 5.56 Å². The second-order valence-electron chi connectivity index (χ2n) is 3.86. The van der Waals surface area contributed by atoms with Crippen molar-refractivity contribution in [1.82, 2.24) is 4.31 Å². The summed E-state index contributed by atoms with van der Waals surface area (Å²) in [5, 5.41) is 0. The molecule has 1 aromatic rings. The van der Waals surface area contributed by atoms with Crippen molar-refractivity contribution in [3.8, 4) is 0 Å². The van der Waals surface area contributed by atoms with Gasteiger partial charge in [0.05, 0.1) is 4.90 Å². The van der Waals surface area contributed by atoms with Crippen LogP contribution in [0.1, 0.15) is 18.9 Å². The van der Waals surface area contributed by atoms with Gasteiger partial charge in [-0.2, -0.15) is 4.31 Å². The molecular formula is C12H18ClNO2S. The third-order valence-electron chi connectivity index (χ3n) is 2.52.